The molecule has 3 heterocycles. The summed E-state index contributed by atoms with van der Waals surface area (Å²) < 4.78 is 39.2. The summed E-state index contributed by atoms with van der Waals surface area (Å²) in [6, 6.07) is 13.9. The summed E-state index contributed by atoms with van der Waals surface area (Å²) in [6.07, 6.45) is -0.414. The number of para-hydroxylation sites is 2. The van der Waals surface area contributed by atoms with Crippen LogP contribution in [0.25, 0.3) is 22.1 Å². The zero-order valence-corrected chi connectivity index (χ0v) is 16.4. The van der Waals surface area contributed by atoms with Crippen LogP contribution in [0.3, 0.4) is 0 Å². The Bertz CT molecular complexity index is 1360. The molecule has 2 aromatic carbocycles. The first-order valence-electron chi connectivity index (χ1n) is 11.5. The minimum Gasteiger partial charge on any atom is -0.435 e. The second-order valence-electron chi connectivity index (χ2n) is 7.46. The van der Waals surface area contributed by atoms with Crippen LogP contribution in [0.2, 0.25) is 0 Å². The predicted molar refractivity (Wildman–Crippen MR) is 117 cm³/mol. The molecule has 2 atom stereocenters. The molecule has 4 heteroatoms. The van der Waals surface area contributed by atoms with E-state index in [1.165, 1.54) is 6.92 Å². The fraction of sp³-hybridized carbons (Fsp3) is 0.292. The average molecular weight is 376 g/mol. The zero-order valence-electron chi connectivity index (χ0n) is 20.4. The van der Waals surface area contributed by atoms with Gasteiger partial charge >= 0.3 is 0 Å². The number of hydrogen-bond acceptors (Lipinski definition) is 4. The van der Waals surface area contributed by atoms with E-state index in [0.29, 0.717) is 11.3 Å². The highest BCUT2D eigenvalue weighted by molar-refractivity contribution is 6.10. The Morgan fingerprint density at radius 3 is 2.61 bits per heavy atom. The van der Waals surface area contributed by atoms with E-state index in [9.17, 15) is 0 Å². The predicted octanol–water partition coefficient (Wildman–Crippen LogP) is 6.31. The molecule has 0 N–H and O–H groups in total. The summed E-state index contributed by atoms with van der Waals surface area (Å²) in [5, 5.41) is 1.90. The van der Waals surface area contributed by atoms with Crippen molar-refractivity contribution in [3.05, 3.63) is 59.8 Å². The van der Waals surface area contributed by atoms with Gasteiger partial charge in [0.25, 0.3) is 0 Å². The molecule has 28 heavy (non-hydrogen) atoms. The molecule has 5 rings (SSSR count). The first-order chi connectivity index (χ1) is 15.0. The van der Waals surface area contributed by atoms with Crippen molar-refractivity contribution in [2.75, 3.05) is 9.80 Å². The van der Waals surface area contributed by atoms with E-state index in [4.69, 9.17) is 9.90 Å². The first kappa shape index (κ1) is 13.2. The first-order valence-corrected chi connectivity index (χ1v) is 9.49. The second-order valence-corrected chi connectivity index (χ2v) is 7.46. The highest BCUT2D eigenvalue weighted by Gasteiger charge is 2.37. The third kappa shape index (κ3) is 2.27. The van der Waals surface area contributed by atoms with Gasteiger partial charge in [-0.3, -0.25) is 0 Å². The highest BCUT2D eigenvalue weighted by Crippen LogP contribution is 2.48. The number of nitrogens with zero attached hydrogens (tertiary/aromatic N) is 3. The molecule has 0 fully saturated rings. The number of benzene rings is 2. The SMILES string of the molecule is [2H]C([2H])([2H])C([2H])(C)N1c2ccccc2N(c2c(C)ccc3c2oc2nc(C)ccc23)[C@H]1C. The van der Waals surface area contributed by atoms with Gasteiger partial charge in [-0.2, -0.15) is 0 Å². The number of furan rings is 1. The van der Waals surface area contributed by atoms with Gasteiger partial charge in [-0.05, 0) is 64.4 Å². The van der Waals surface area contributed by atoms with E-state index in [2.05, 4.69) is 9.88 Å². The van der Waals surface area contributed by atoms with Crippen LogP contribution in [0.4, 0.5) is 17.1 Å². The van der Waals surface area contributed by atoms with E-state index in [-0.39, 0.29) is 0 Å². The van der Waals surface area contributed by atoms with Gasteiger partial charge in [0.1, 0.15) is 6.17 Å². The van der Waals surface area contributed by atoms with E-state index in [1.807, 2.05) is 69.3 Å². The third-order valence-corrected chi connectivity index (χ3v) is 5.57. The average Bonchev–Trinajstić information content (AvgIpc) is 3.21. The zero-order chi connectivity index (χ0) is 23.0. The molecular weight excluding hydrogens is 346 g/mol. The normalized spacial score (nSPS) is 21.2. The number of hydrogen-bond donors (Lipinski definition) is 0. The summed E-state index contributed by atoms with van der Waals surface area (Å²) in [7, 11) is 0. The Morgan fingerprint density at radius 1 is 1.07 bits per heavy atom. The lowest BCUT2D eigenvalue weighted by Gasteiger charge is -2.33. The van der Waals surface area contributed by atoms with Crippen molar-refractivity contribution in [3.8, 4) is 0 Å². The van der Waals surface area contributed by atoms with Crippen LogP contribution < -0.4 is 9.80 Å². The van der Waals surface area contributed by atoms with Gasteiger partial charge in [0.2, 0.25) is 5.71 Å². The Kier molecular flexibility index (Phi) is 2.83. The van der Waals surface area contributed by atoms with Crippen LogP contribution in [0, 0.1) is 13.8 Å². The fourth-order valence-corrected chi connectivity index (χ4v) is 4.35. The summed E-state index contributed by atoms with van der Waals surface area (Å²) in [4.78, 5) is 8.32. The Hall–Kier alpha value is -3.01. The van der Waals surface area contributed by atoms with Crippen LogP contribution >= 0.6 is 0 Å². The third-order valence-electron chi connectivity index (χ3n) is 5.57. The van der Waals surface area contributed by atoms with Crippen LogP contribution in [0.15, 0.2) is 52.9 Å². The molecule has 2 aromatic heterocycles. The standard InChI is InChI=1S/C24H25N3O/c1-14(2)26-17(5)27(21-9-7-6-8-20(21)26)22-15(3)10-12-18-19-13-11-16(4)25-24(19)28-23(18)22/h6-14,17H,1-5H3/t17-/m0/s1/i1D3,14D/t14?,17-. The molecule has 0 radical (unpaired) electrons. The van der Waals surface area contributed by atoms with Gasteiger partial charge in [-0.1, -0.05) is 24.3 Å². The Balaban J connectivity index is 1.79. The number of rotatable bonds is 2. The molecule has 4 aromatic rings. The molecule has 0 amide bonds. The molecule has 1 aliphatic rings. The van der Waals surface area contributed by atoms with Crippen molar-refractivity contribution in [2.24, 2.45) is 0 Å². The molecular formula is C24H25N3O. The van der Waals surface area contributed by atoms with Crippen LogP contribution in [0.1, 0.15) is 37.4 Å². The van der Waals surface area contributed by atoms with Gasteiger partial charge in [0, 0.05) is 26.6 Å². The Labute approximate surface area is 171 Å². The van der Waals surface area contributed by atoms with Crippen LogP contribution in [-0.4, -0.2) is 17.2 Å². The summed E-state index contributed by atoms with van der Waals surface area (Å²) in [6.45, 7) is 4.84. The summed E-state index contributed by atoms with van der Waals surface area (Å²) in [5.74, 6) is 0. The molecule has 0 saturated heterocycles. The van der Waals surface area contributed by atoms with Crippen molar-refractivity contribution < 1.29 is 9.90 Å². The topological polar surface area (TPSA) is 32.5 Å². The van der Waals surface area contributed by atoms with Gasteiger partial charge in [-0.15, -0.1) is 0 Å². The van der Waals surface area contributed by atoms with E-state index in [0.717, 1.165) is 39.1 Å². The lowest BCUT2D eigenvalue weighted by Crippen LogP contribution is -2.42. The molecule has 0 aliphatic carbocycles. The van der Waals surface area contributed by atoms with Crippen molar-refractivity contribution in [3.63, 3.8) is 0 Å². The number of aryl methyl sites for hydroxylation is 2. The molecule has 4 nitrogen and oxygen atoms in total. The smallest absolute Gasteiger partial charge is 0.227 e. The lowest BCUT2D eigenvalue weighted by atomic mass is 10.1. The highest BCUT2D eigenvalue weighted by atomic mass is 16.3. The molecule has 1 aliphatic heterocycles. The van der Waals surface area contributed by atoms with E-state index < -0.39 is 19.0 Å². The largest absolute Gasteiger partial charge is 0.435 e. The van der Waals surface area contributed by atoms with Gasteiger partial charge in [0.05, 0.1) is 18.4 Å². The summed E-state index contributed by atoms with van der Waals surface area (Å²) in [5.41, 5.74) is 5.60. The quantitative estimate of drug-likeness (QED) is 0.411. The Morgan fingerprint density at radius 2 is 1.82 bits per heavy atom. The molecule has 0 spiro atoms. The minimum absolute atomic E-state index is 0.414. The van der Waals surface area contributed by atoms with E-state index >= 15 is 0 Å². The van der Waals surface area contributed by atoms with Crippen LogP contribution in [0.5, 0.6) is 0 Å². The van der Waals surface area contributed by atoms with E-state index in [1.54, 1.807) is 4.90 Å². The maximum Gasteiger partial charge on any atom is 0.227 e. The van der Waals surface area contributed by atoms with Crippen LogP contribution in [-0.2, 0) is 0 Å². The van der Waals surface area contributed by atoms with Crippen molar-refractivity contribution in [1.29, 1.82) is 0 Å². The number of pyridine rings is 1. The fourth-order valence-electron chi connectivity index (χ4n) is 4.35. The van der Waals surface area contributed by atoms with Crippen molar-refractivity contribution in [1.82, 2.24) is 4.98 Å². The maximum absolute atomic E-state index is 8.82. The van der Waals surface area contributed by atoms with Gasteiger partial charge in [-0.25, -0.2) is 4.98 Å². The monoisotopic (exact) mass is 375 g/mol. The maximum atomic E-state index is 8.82. The lowest BCUT2D eigenvalue weighted by molar-refractivity contribution is 0.601. The molecule has 1 unspecified atom stereocenters. The number of aromatic nitrogens is 1. The van der Waals surface area contributed by atoms with Crippen molar-refractivity contribution >= 4 is 39.1 Å². The molecule has 142 valence electrons. The summed E-state index contributed by atoms with van der Waals surface area (Å²) >= 11 is 0. The minimum atomic E-state index is -2.49. The number of anilines is 3. The molecule has 0 saturated carbocycles. The number of fused-ring (bicyclic) bond motifs is 4. The second kappa shape index (κ2) is 5.99. The van der Waals surface area contributed by atoms with Crippen molar-refractivity contribution in [2.45, 2.75) is 46.7 Å². The van der Waals surface area contributed by atoms with Gasteiger partial charge < -0.3 is 14.2 Å². The van der Waals surface area contributed by atoms with Gasteiger partial charge in [0.15, 0.2) is 5.58 Å². The molecule has 0 bridgehead atoms.